The normalized spacial score (nSPS) is 8.81. The molecular weight excluding hydrogens is 210 g/mol. The highest BCUT2D eigenvalue weighted by atomic mass is 16.5. The minimum Gasteiger partial charge on any atom is -0.477 e. The van der Waals surface area contributed by atoms with Gasteiger partial charge in [-0.1, -0.05) is 5.92 Å². The Hall–Kier alpha value is -2.35. The molecular formula is C11H9NO4. The summed E-state index contributed by atoms with van der Waals surface area (Å²) in [6.07, 6.45) is 1.32. The van der Waals surface area contributed by atoms with Crippen molar-refractivity contribution in [3.05, 3.63) is 29.6 Å². The summed E-state index contributed by atoms with van der Waals surface area (Å²) in [6, 6.07) is 2.80. The molecule has 0 atom stereocenters. The Bertz CT molecular complexity index is 470. The van der Waals surface area contributed by atoms with Gasteiger partial charge in [0.1, 0.15) is 5.69 Å². The highest BCUT2D eigenvalue weighted by Crippen LogP contribution is 1.99. The van der Waals surface area contributed by atoms with Crippen molar-refractivity contribution in [1.82, 2.24) is 4.98 Å². The smallest absolute Gasteiger partial charge is 0.384 e. The number of nitrogens with zero attached hydrogens (tertiary/aromatic N) is 1. The van der Waals surface area contributed by atoms with E-state index in [2.05, 4.69) is 21.6 Å². The van der Waals surface area contributed by atoms with Crippen LogP contribution in [-0.2, 0) is 9.53 Å². The van der Waals surface area contributed by atoms with Crippen LogP contribution in [0.2, 0.25) is 0 Å². The van der Waals surface area contributed by atoms with Crippen LogP contribution in [0.5, 0.6) is 0 Å². The number of carbonyl (C=O) groups excluding carboxylic acids is 1. The van der Waals surface area contributed by atoms with Gasteiger partial charge in [0, 0.05) is 17.7 Å². The second-order valence-electron chi connectivity index (χ2n) is 2.71. The zero-order valence-electron chi connectivity index (χ0n) is 8.56. The molecule has 0 spiro atoms. The maximum absolute atomic E-state index is 10.9. The Kier molecular flexibility index (Phi) is 4.04. The molecule has 82 valence electrons. The average molecular weight is 219 g/mol. The van der Waals surface area contributed by atoms with Crippen molar-refractivity contribution in [1.29, 1.82) is 0 Å². The molecule has 1 aromatic rings. The van der Waals surface area contributed by atoms with E-state index in [0.717, 1.165) is 0 Å². The summed E-state index contributed by atoms with van der Waals surface area (Å²) in [5.74, 6) is 2.95. The van der Waals surface area contributed by atoms with Crippen molar-refractivity contribution in [2.24, 2.45) is 0 Å². The van der Waals surface area contributed by atoms with E-state index in [4.69, 9.17) is 5.11 Å². The lowest BCUT2D eigenvalue weighted by Crippen LogP contribution is -2.01. The lowest BCUT2D eigenvalue weighted by Gasteiger charge is -1.94. The van der Waals surface area contributed by atoms with Gasteiger partial charge in [-0.2, -0.15) is 0 Å². The van der Waals surface area contributed by atoms with Crippen LogP contribution in [-0.4, -0.2) is 28.6 Å². The van der Waals surface area contributed by atoms with E-state index in [1.165, 1.54) is 18.3 Å². The van der Waals surface area contributed by atoms with E-state index < -0.39 is 11.9 Å². The molecule has 1 heterocycles. The van der Waals surface area contributed by atoms with Gasteiger partial charge in [-0.05, 0) is 19.1 Å². The zero-order valence-corrected chi connectivity index (χ0v) is 8.56. The van der Waals surface area contributed by atoms with Crippen molar-refractivity contribution >= 4 is 11.9 Å². The van der Waals surface area contributed by atoms with Crippen LogP contribution < -0.4 is 0 Å². The van der Waals surface area contributed by atoms with Gasteiger partial charge in [0.25, 0.3) is 0 Å². The number of aromatic carboxylic acids is 1. The molecule has 0 unspecified atom stereocenters. The van der Waals surface area contributed by atoms with Gasteiger partial charge in [-0.3, -0.25) is 0 Å². The fourth-order valence-electron chi connectivity index (χ4n) is 0.916. The van der Waals surface area contributed by atoms with Crippen LogP contribution in [0.4, 0.5) is 0 Å². The van der Waals surface area contributed by atoms with Gasteiger partial charge < -0.3 is 9.84 Å². The summed E-state index contributed by atoms with van der Waals surface area (Å²) in [6.45, 7) is 1.93. The largest absolute Gasteiger partial charge is 0.477 e. The third-order valence-corrected chi connectivity index (χ3v) is 1.56. The fourth-order valence-corrected chi connectivity index (χ4v) is 0.916. The van der Waals surface area contributed by atoms with Gasteiger partial charge in [0.05, 0.1) is 6.61 Å². The van der Waals surface area contributed by atoms with E-state index in [9.17, 15) is 9.59 Å². The van der Waals surface area contributed by atoms with E-state index >= 15 is 0 Å². The van der Waals surface area contributed by atoms with E-state index in [0.29, 0.717) is 5.56 Å². The molecule has 5 nitrogen and oxygen atoms in total. The first-order valence-corrected chi connectivity index (χ1v) is 4.51. The fraction of sp³-hybridized carbons (Fsp3) is 0.182. The molecule has 0 aromatic carbocycles. The molecule has 0 amide bonds. The van der Waals surface area contributed by atoms with Crippen molar-refractivity contribution in [2.75, 3.05) is 6.61 Å². The summed E-state index contributed by atoms with van der Waals surface area (Å²) in [5, 5.41) is 8.67. The molecule has 0 bridgehead atoms. The summed E-state index contributed by atoms with van der Waals surface area (Å²) < 4.78 is 4.60. The molecule has 16 heavy (non-hydrogen) atoms. The Morgan fingerprint density at radius 3 is 2.94 bits per heavy atom. The average Bonchev–Trinajstić information content (AvgIpc) is 2.27. The third-order valence-electron chi connectivity index (χ3n) is 1.56. The number of carboxylic acids is 1. The molecule has 1 N–H and O–H groups in total. The molecule has 0 aliphatic rings. The number of carboxylic acid groups (broad SMARTS) is 1. The molecule has 0 aliphatic carbocycles. The van der Waals surface area contributed by atoms with Crippen molar-refractivity contribution in [3.63, 3.8) is 0 Å². The number of pyridine rings is 1. The zero-order chi connectivity index (χ0) is 12.0. The molecule has 0 saturated carbocycles. The summed E-state index contributed by atoms with van der Waals surface area (Å²) in [5.41, 5.74) is 0.288. The highest BCUT2D eigenvalue weighted by molar-refractivity contribution is 5.89. The van der Waals surface area contributed by atoms with E-state index in [1.807, 2.05) is 0 Å². The number of esters is 1. The predicted molar refractivity (Wildman–Crippen MR) is 54.7 cm³/mol. The van der Waals surface area contributed by atoms with E-state index in [-0.39, 0.29) is 12.3 Å². The minimum atomic E-state index is -1.14. The van der Waals surface area contributed by atoms with Crippen LogP contribution in [0.15, 0.2) is 18.3 Å². The van der Waals surface area contributed by atoms with Crippen LogP contribution in [0.25, 0.3) is 0 Å². The standard InChI is InChI=1S/C11H9NO4/c1-2-16-10(13)4-3-8-5-6-12-9(7-8)11(14)15/h5-7H,2H2,1H3,(H,14,15). The van der Waals surface area contributed by atoms with Crippen LogP contribution in [0, 0.1) is 11.8 Å². The molecule has 0 fully saturated rings. The maximum atomic E-state index is 10.9. The molecule has 0 saturated heterocycles. The van der Waals surface area contributed by atoms with Gasteiger partial charge in [0.15, 0.2) is 0 Å². The van der Waals surface area contributed by atoms with Crippen molar-refractivity contribution in [2.45, 2.75) is 6.92 Å². The Balaban J connectivity index is 2.85. The van der Waals surface area contributed by atoms with Gasteiger partial charge >= 0.3 is 11.9 Å². The monoisotopic (exact) mass is 219 g/mol. The number of hydrogen-bond acceptors (Lipinski definition) is 4. The topological polar surface area (TPSA) is 76.5 Å². The number of carbonyl (C=O) groups is 2. The second kappa shape index (κ2) is 5.51. The maximum Gasteiger partial charge on any atom is 0.384 e. The molecule has 1 aromatic heterocycles. The number of rotatable bonds is 2. The summed E-state index contributed by atoms with van der Waals surface area (Å²) in [7, 11) is 0. The molecule has 5 heteroatoms. The minimum absolute atomic E-state index is 0.115. The first-order valence-electron chi connectivity index (χ1n) is 4.51. The summed E-state index contributed by atoms with van der Waals surface area (Å²) >= 11 is 0. The molecule has 0 aliphatic heterocycles. The SMILES string of the molecule is CCOC(=O)C#Cc1ccnc(C(=O)O)c1. The third kappa shape index (κ3) is 3.42. The Labute approximate surface area is 92.1 Å². The Morgan fingerprint density at radius 1 is 1.56 bits per heavy atom. The van der Waals surface area contributed by atoms with Crippen molar-refractivity contribution in [3.8, 4) is 11.8 Å². The predicted octanol–water partition coefficient (Wildman–Crippen LogP) is 0.694. The highest BCUT2D eigenvalue weighted by Gasteiger charge is 2.03. The van der Waals surface area contributed by atoms with E-state index in [1.54, 1.807) is 6.92 Å². The van der Waals surface area contributed by atoms with Gasteiger partial charge in [-0.15, -0.1) is 0 Å². The first-order chi connectivity index (χ1) is 7.63. The lowest BCUT2D eigenvalue weighted by atomic mass is 10.2. The quantitative estimate of drug-likeness (QED) is 0.585. The number of aromatic nitrogens is 1. The molecule has 1 rings (SSSR count). The molecule has 0 radical (unpaired) electrons. The van der Waals surface area contributed by atoms with Crippen molar-refractivity contribution < 1.29 is 19.4 Å². The summed E-state index contributed by atoms with van der Waals surface area (Å²) in [4.78, 5) is 25.1. The van der Waals surface area contributed by atoms with Crippen LogP contribution in [0.3, 0.4) is 0 Å². The van der Waals surface area contributed by atoms with Gasteiger partial charge in [0.2, 0.25) is 0 Å². The number of ether oxygens (including phenoxy) is 1. The first kappa shape index (κ1) is 11.7. The van der Waals surface area contributed by atoms with Crippen LogP contribution in [0.1, 0.15) is 23.0 Å². The Morgan fingerprint density at radius 2 is 2.31 bits per heavy atom. The number of hydrogen-bond donors (Lipinski definition) is 1. The van der Waals surface area contributed by atoms with Gasteiger partial charge in [-0.25, -0.2) is 14.6 Å². The lowest BCUT2D eigenvalue weighted by molar-refractivity contribution is -0.136. The second-order valence-corrected chi connectivity index (χ2v) is 2.71. The van der Waals surface area contributed by atoms with Crippen LogP contribution >= 0.6 is 0 Å².